The molecule has 0 N–H and O–H groups in total. The van der Waals surface area contributed by atoms with Gasteiger partial charge in [0, 0.05) is 31.8 Å². The second kappa shape index (κ2) is 8.86. The lowest BCUT2D eigenvalue weighted by Gasteiger charge is -2.45. The first-order valence-corrected chi connectivity index (χ1v) is 11.1. The number of carbonyl (C=O) groups excluding carboxylic acids is 2. The number of aliphatic imine (C=N–C) groups is 1. The summed E-state index contributed by atoms with van der Waals surface area (Å²) in [5, 5.41) is 0. The first-order chi connectivity index (χ1) is 15.7. The summed E-state index contributed by atoms with van der Waals surface area (Å²) >= 11 is 0. The highest BCUT2D eigenvalue weighted by Crippen LogP contribution is 2.31. The fraction of sp³-hybridized carbons (Fsp3) is 0.320. The van der Waals surface area contributed by atoms with Crippen molar-refractivity contribution in [3.8, 4) is 0 Å². The maximum atomic E-state index is 13.5. The van der Waals surface area contributed by atoms with Gasteiger partial charge in [0.15, 0.2) is 0 Å². The third-order valence-electron chi connectivity index (χ3n) is 6.07. The molecular weight excluding hydrogens is 404 g/mol. The van der Waals surface area contributed by atoms with Gasteiger partial charge >= 0.3 is 6.09 Å². The minimum absolute atomic E-state index is 0.0682. The van der Waals surface area contributed by atoms with E-state index < -0.39 is 0 Å². The first kappa shape index (κ1) is 20.3. The number of guanidine groups is 1. The summed E-state index contributed by atoms with van der Waals surface area (Å²) in [6.07, 6.45) is 1.19. The minimum Gasteiger partial charge on any atom is -0.445 e. The molecule has 0 radical (unpaired) electrons. The van der Waals surface area contributed by atoms with Crippen molar-refractivity contribution in [2.24, 2.45) is 4.99 Å². The van der Waals surface area contributed by atoms with Crippen LogP contribution >= 0.6 is 0 Å². The van der Waals surface area contributed by atoms with E-state index in [2.05, 4.69) is 4.90 Å². The van der Waals surface area contributed by atoms with E-state index in [-0.39, 0.29) is 25.2 Å². The van der Waals surface area contributed by atoms with E-state index >= 15 is 0 Å². The zero-order chi connectivity index (χ0) is 21.9. The van der Waals surface area contributed by atoms with E-state index in [0.29, 0.717) is 25.1 Å². The number of carbonyl (C=O) groups is 2. The Morgan fingerprint density at radius 3 is 2.44 bits per heavy atom. The largest absolute Gasteiger partial charge is 0.445 e. The highest BCUT2D eigenvalue weighted by Gasteiger charge is 2.41. The number of nitrogens with zero attached hydrogens (tertiary/aromatic N) is 4. The average molecular weight is 431 g/mol. The van der Waals surface area contributed by atoms with Gasteiger partial charge in [0.2, 0.25) is 5.96 Å². The Morgan fingerprint density at radius 2 is 1.69 bits per heavy atom. The predicted octanol–water partition coefficient (Wildman–Crippen LogP) is 3.39. The molecule has 2 amide bonds. The lowest BCUT2D eigenvalue weighted by Crippen LogP contribution is -2.57. The second-order valence-corrected chi connectivity index (χ2v) is 8.20. The molecule has 2 aromatic carbocycles. The van der Waals surface area contributed by atoms with Gasteiger partial charge in [0.05, 0.1) is 18.7 Å². The molecule has 2 aromatic rings. The molecule has 0 saturated heterocycles. The van der Waals surface area contributed by atoms with Crippen molar-refractivity contribution < 1.29 is 14.3 Å². The number of hydrogen-bond donors (Lipinski definition) is 0. The van der Waals surface area contributed by atoms with Crippen molar-refractivity contribution in [1.82, 2.24) is 14.7 Å². The molecule has 3 heterocycles. The summed E-state index contributed by atoms with van der Waals surface area (Å²) < 4.78 is 5.51. The summed E-state index contributed by atoms with van der Waals surface area (Å²) in [6.45, 7) is 3.04. The molecule has 0 spiro atoms. The Labute approximate surface area is 187 Å². The van der Waals surface area contributed by atoms with Crippen LogP contribution in [0, 0.1) is 0 Å². The van der Waals surface area contributed by atoms with E-state index in [1.165, 1.54) is 0 Å². The van der Waals surface area contributed by atoms with Crippen LogP contribution < -0.4 is 0 Å². The number of ether oxygens (including phenoxy) is 1. The number of hydrogen-bond acceptors (Lipinski definition) is 5. The van der Waals surface area contributed by atoms with E-state index in [0.717, 1.165) is 42.3 Å². The molecule has 3 aliphatic heterocycles. The van der Waals surface area contributed by atoms with Crippen molar-refractivity contribution in [2.75, 3.05) is 26.2 Å². The van der Waals surface area contributed by atoms with Gasteiger partial charge < -0.3 is 14.5 Å². The molecule has 5 rings (SSSR count). The van der Waals surface area contributed by atoms with Crippen LogP contribution in [0.2, 0.25) is 0 Å². The first-order valence-electron chi connectivity index (χ1n) is 11.1. The van der Waals surface area contributed by atoms with Crippen molar-refractivity contribution >= 4 is 18.0 Å². The Bertz CT molecular complexity index is 1070. The molecule has 0 atom stereocenters. The Kier molecular flexibility index (Phi) is 5.62. The van der Waals surface area contributed by atoms with Gasteiger partial charge in [-0.05, 0) is 17.5 Å². The van der Waals surface area contributed by atoms with Crippen LogP contribution in [-0.2, 0) is 22.7 Å². The van der Waals surface area contributed by atoms with Crippen LogP contribution in [0.5, 0.6) is 0 Å². The summed E-state index contributed by atoms with van der Waals surface area (Å²) in [4.78, 5) is 36.5. The second-order valence-electron chi connectivity index (χ2n) is 8.20. The Balaban J connectivity index is 1.35. The SMILES string of the molecule is O=C(OCc1ccccc1)N1CCC2=C(C1)C(=O)N(Cc1ccccc1)C1=NCCCN12. The monoisotopic (exact) mass is 430 g/mol. The van der Waals surface area contributed by atoms with Crippen LogP contribution in [0.25, 0.3) is 0 Å². The van der Waals surface area contributed by atoms with E-state index in [1.807, 2.05) is 60.7 Å². The highest BCUT2D eigenvalue weighted by atomic mass is 16.6. The maximum Gasteiger partial charge on any atom is 0.410 e. The van der Waals surface area contributed by atoms with Gasteiger partial charge in [-0.3, -0.25) is 14.7 Å². The molecule has 32 heavy (non-hydrogen) atoms. The summed E-state index contributed by atoms with van der Waals surface area (Å²) in [5.41, 5.74) is 3.66. The topological polar surface area (TPSA) is 65.5 Å². The molecule has 164 valence electrons. The van der Waals surface area contributed by atoms with Crippen molar-refractivity contribution in [2.45, 2.75) is 26.0 Å². The molecule has 7 heteroatoms. The number of rotatable bonds is 4. The van der Waals surface area contributed by atoms with Gasteiger partial charge in [-0.15, -0.1) is 0 Å². The summed E-state index contributed by atoms with van der Waals surface area (Å²) in [5.74, 6) is 0.672. The molecule has 0 saturated carbocycles. The average Bonchev–Trinajstić information content (AvgIpc) is 2.86. The van der Waals surface area contributed by atoms with Crippen LogP contribution in [0.4, 0.5) is 4.79 Å². The number of fused-ring (bicyclic) bond motifs is 2. The van der Waals surface area contributed by atoms with E-state index in [9.17, 15) is 9.59 Å². The number of benzene rings is 2. The standard InChI is InChI=1S/C25H26N4O3/c30-23-21-17-27(25(31)32-18-20-10-5-2-6-11-20)15-12-22(21)28-14-7-13-26-24(28)29(23)16-19-8-3-1-4-9-19/h1-6,8-11H,7,12-18H2. The third kappa shape index (κ3) is 3.98. The molecule has 7 nitrogen and oxygen atoms in total. The fourth-order valence-corrected chi connectivity index (χ4v) is 4.45. The molecule has 0 unspecified atom stereocenters. The van der Waals surface area contributed by atoms with Crippen LogP contribution in [0.3, 0.4) is 0 Å². The zero-order valence-corrected chi connectivity index (χ0v) is 17.9. The predicted molar refractivity (Wildman–Crippen MR) is 120 cm³/mol. The molecular formula is C25H26N4O3. The fourth-order valence-electron chi connectivity index (χ4n) is 4.45. The van der Waals surface area contributed by atoms with Crippen molar-refractivity contribution in [3.63, 3.8) is 0 Å². The van der Waals surface area contributed by atoms with Gasteiger partial charge in [-0.25, -0.2) is 4.79 Å². The molecule has 0 fully saturated rings. The molecule has 0 aromatic heterocycles. The molecule has 0 aliphatic carbocycles. The molecule has 3 aliphatic rings. The normalized spacial score (nSPS) is 18.2. The quantitative estimate of drug-likeness (QED) is 0.746. The lowest BCUT2D eigenvalue weighted by molar-refractivity contribution is -0.125. The van der Waals surface area contributed by atoms with Gasteiger partial charge in [0.1, 0.15) is 6.61 Å². The summed E-state index contributed by atoms with van der Waals surface area (Å²) in [6, 6.07) is 19.5. The lowest BCUT2D eigenvalue weighted by atomic mass is 10.00. The Hall–Kier alpha value is -3.61. The Morgan fingerprint density at radius 1 is 0.969 bits per heavy atom. The van der Waals surface area contributed by atoms with Gasteiger partial charge in [-0.2, -0.15) is 0 Å². The smallest absolute Gasteiger partial charge is 0.410 e. The summed E-state index contributed by atoms with van der Waals surface area (Å²) in [7, 11) is 0. The van der Waals surface area contributed by atoms with E-state index in [1.54, 1.807) is 9.80 Å². The van der Waals surface area contributed by atoms with Crippen LogP contribution in [0.1, 0.15) is 24.0 Å². The highest BCUT2D eigenvalue weighted by molar-refractivity contribution is 6.09. The van der Waals surface area contributed by atoms with E-state index in [4.69, 9.17) is 9.73 Å². The van der Waals surface area contributed by atoms with Crippen molar-refractivity contribution in [3.05, 3.63) is 83.1 Å². The van der Waals surface area contributed by atoms with Crippen LogP contribution in [-0.4, -0.2) is 58.8 Å². The minimum atomic E-state index is -0.388. The number of amides is 2. The van der Waals surface area contributed by atoms with Crippen molar-refractivity contribution in [1.29, 1.82) is 0 Å². The van der Waals surface area contributed by atoms with Gasteiger partial charge in [-0.1, -0.05) is 60.7 Å². The maximum absolute atomic E-state index is 13.5. The third-order valence-corrected chi connectivity index (χ3v) is 6.07. The molecule has 0 bridgehead atoms. The zero-order valence-electron chi connectivity index (χ0n) is 17.9. The van der Waals surface area contributed by atoms with Crippen LogP contribution in [0.15, 0.2) is 76.9 Å². The van der Waals surface area contributed by atoms with Gasteiger partial charge in [0.25, 0.3) is 5.91 Å².